The predicted octanol–water partition coefficient (Wildman–Crippen LogP) is 3.14. The fourth-order valence-electron chi connectivity index (χ4n) is 3.23. The highest BCUT2D eigenvalue weighted by molar-refractivity contribution is 6.21. The van der Waals surface area contributed by atoms with Gasteiger partial charge in [0.1, 0.15) is 6.04 Å². The zero-order valence-electron chi connectivity index (χ0n) is 13.2. The number of benzene rings is 2. The zero-order valence-corrected chi connectivity index (χ0v) is 13.2. The van der Waals surface area contributed by atoms with Gasteiger partial charge in [0.2, 0.25) is 0 Å². The Morgan fingerprint density at radius 2 is 1.79 bits per heavy atom. The lowest BCUT2D eigenvalue weighted by Crippen LogP contribution is -2.32. The van der Waals surface area contributed by atoms with Gasteiger partial charge in [-0.25, -0.2) is 9.69 Å². The summed E-state index contributed by atoms with van der Waals surface area (Å²) in [6.45, 7) is 1.89. The Labute approximate surface area is 139 Å². The van der Waals surface area contributed by atoms with Crippen molar-refractivity contribution in [2.75, 3.05) is 4.90 Å². The van der Waals surface area contributed by atoms with Gasteiger partial charge >= 0.3 is 6.03 Å². The highest BCUT2D eigenvalue weighted by atomic mass is 16.2. The van der Waals surface area contributed by atoms with Crippen molar-refractivity contribution in [1.82, 2.24) is 10.3 Å². The number of imide groups is 1. The van der Waals surface area contributed by atoms with Crippen molar-refractivity contribution < 1.29 is 9.59 Å². The molecule has 120 valence electrons. The molecule has 0 spiro atoms. The smallest absolute Gasteiger partial charge is 0.329 e. The first-order chi connectivity index (χ1) is 11.6. The summed E-state index contributed by atoms with van der Waals surface area (Å²) in [6.07, 6.45) is 2.37. The molecule has 4 rings (SSSR count). The number of anilines is 1. The van der Waals surface area contributed by atoms with Gasteiger partial charge in [-0.05, 0) is 30.2 Å². The number of aromatic amines is 1. The molecule has 0 aliphatic carbocycles. The van der Waals surface area contributed by atoms with Crippen molar-refractivity contribution >= 4 is 28.5 Å². The number of carbonyl (C=O) groups is 2. The number of aromatic nitrogens is 1. The van der Waals surface area contributed by atoms with Crippen molar-refractivity contribution in [3.05, 3.63) is 65.9 Å². The van der Waals surface area contributed by atoms with Crippen LogP contribution >= 0.6 is 0 Å². The number of fused-ring (bicyclic) bond motifs is 1. The molecule has 1 unspecified atom stereocenters. The van der Waals surface area contributed by atoms with E-state index in [-0.39, 0.29) is 11.9 Å². The second-order valence-electron chi connectivity index (χ2n) is 6.03. The predicted molar refractivity (Wildman–Crippen MR) is 93.0 cm³/mol. The molecular weight excluding hydrogens is 302 g/mol. The van der Waals surface area contributed by atoms with E-state index in [2.05, 4.69) is 10.3 Å². The molecule has 5 nitrogen and oxygen atoms in total. The van der Waals surface area contributed by atoms with E-state index in [9.17, 15) is 9.59 Å². The van der Waals surface area contributed by atoms with Gasteiger partial charge in [-0.3, -0.25) is 4.79 Å². The van der Waals surface area contributed by atoms with Gasteiger partial charge in [0.25, 0.3) is 5.91 Å². The van der Waals surface area contributed by atoms with E-state index < -0.39 is 6.04 Å². The number of nitrogens with zero attached hydrogens (tertiary/aromatic N) is 1. The number of para-hydroxylation sites is 2. The quantitative estimate of drug-likeness (QED) is 0.728. The lowest BCUT2D eigenvalue weighted by molar-refractivity contribution is -0.118. The van der Waals surface area contributed by atoms with E-state index in [1.807, 2.05) is 55.6 Å². The maximum Gasteiger partial charge on any atom is 0.329 e. The molecule has 2 N–H and O–H groups in total. The fourth-order valence-corrected chi connectivity index (χ4v) is 3.23. The Balaban J connectivity index is 1.63. The summed E-state index contributed by atoms with van der Waals surface area (Å²) in [4.78, 5) is 29.5. The van der Waals surface area contributed by atoms with Crippen molar-refractivity contribution in [3.8, 4) is 0 Å². The number of hydrogen-bond donors (Lipinski definition) is 2. The lowest BCUT2D eigenvalue weighted by Gasteiger charge is -2.15. The third-order valence-corrected chi connectivity index (χ3v) is 4.47. The Morgan fingerprint density at radius 1 is 1.04 bits per heavy atom. The summed E-state index contributed by atoms with van der Waals surface area (Å²) in [7, 11) is 0. The third kappa shape index (κ3) is 2.25. The van der Waals surface area contributed by atoms with E-state index in [0.717, 1.165) is 22.0 Å². The minimum Gasteiger partial charge on any atom is -0.361 e. The number of urea groups is 1. The number of carbonyl (C=O) groups excluding carboxylic acids is 2. The minimum absolute atomic E-state index is 0.209. The fraction of sp³-hybridized carbons (Fsp3) is 0.158. The van der Waals surface area contributed by atoms with E-state index in [1.54, 1.807) is 6.07 Å². The van der Waals surface area contributed by atoms with Crippen LogP contribution < -0.4 is 10.2 Å². The van der Waals surface area contributed by atoms with Crippen LogP contribution in [0.15, 0.2) is 54.7 Å². The summed E-state index contributed by atoms with van der Waals surface area (Å²) in [6, 6.07) is 14.4. The molecule has 3 aromatic rings. The largest absolute Gasteiger partial charge is 0.361 e. The van der Waals surface area contributed by atoms with Gasteiger partial charge in [-0.2, -0.15) is 0 Å². The monoisotopic (exact) mass is 319 g/mol. The van der Waals surface area contributed by atoms with Gasteiger partial charge in [0.15, 0.2) is 0 Å². The second kappa shape index (κ2) is 5.53. The van der Waals surface area contributed by atoms with Crippen LogP contribution in [0.2, 0.25) is 0 Å². The highest BCUT2D eigenvalue weighted by Gasteiger charge is 2.39. The maximum absolute atomic E-state index is 12.8. The molecule has 24 heavy (non-hydrogen) atoms. The lowest BCUT2D eigenvalue weighted by atomic mass is 10.0. The van der Waals surface area contributed by atoms with Crippen LogP contribution in [0.25, 0.3) is 10.9 Å². The topological polar surface area (TPSA) is 65.2 Å². The van der Waals surface area contributed by atoms with E-state index in [1.165, 1.54) is 4.90 Å². The summed E-state index contributed by atoms with van der Waals surface area (Å²) < 4.78 is 0. The van der Waals surface area contributed by atoms with Crippen molar-refractivity contribution in [2.45, 2.75) is 19.4 Å². The number of H-pyrrole nitrogens is 1. The molecule has 2 heterocycles. The molecular formula is C19H17N3O2. The summed E-state index contributed by atoms with van der Waals surface area (Å²) in [5, 5.41) is 3.88. The van der Waals surface area contributed by atoms with Crippen LogP contribution in [-0.2, 0) is 11.2 Å². The molecule has 3 amide bonds. The molecule has 1 aliphatic rings. The first kappa shape index (κ1) is 14.5. The van der Waals surface area contributed by atoms with Crippen LogP contribution in [0.3, 0.4) is 0 Å². The Morgan fingerprint density at radius 3 is 2.62 bits per heavy atom. The molecule has 1 saturated heterocycles. The molecule has 1 aliphatic heterocycles. The second-order valence-corrected chi connectivity index (χ2v) is 6.03. The molecule has 2 aromatic carbocycles. The van der Waals surface area contributed by atoms with Gasteiger partial charge in [-0.1, -0.05) is 36.4 Å². The minimum atomic E-state index is -0.545. The molecule has 0 radical (unpaired) electrons. The van der Waals surface area contributed by atoms with Crippen molar-refractivity contribution in [1.29, 1.82) is 0 Å². The van der Waals surface area contributed by atoms with Gasteiger partial charge in [-0.15, -0.1) is 0 Å². The van der Waals surface area contributed by atoms with Crippen molar-refractivity contribution in [2.24, 2.45) is 0 Å². The van der Waals surface area contributed by atoms with Gasteiger partial charge < -0.3 is 10.3 Å². The molecule has 1 fully saturated rings. The standard InChI is InChI=1S/C19H17N3O2/c1-12-6-2-5-9-17(12)22-18(23)16(21-19(22)24)10-13-11-20-15-8-4-3-7-14(13)15/h2-9,11,16,20H,10H2,1H3,(H,21,24). The van der Waals surface area contributed by atoms with E-state index in [0.29, 0.717) is 12.1 Å². The molecule has 1 atom stereocenters. The maximum atomic E-state index is 12.8. The Kier molecular flexibility index (Phi) is 3.34. The van der Waals surface area contributed by atoms with Crippen LogP contribution in [0.4, 0.5) is 10.5 Å². The van der Waals surface area contributed by atoms with Crippen LogP contribution in [0.1, 0.15) is 11.1 Å². The number of aryl methyl sites for hydroxylation is 1. The average molecular weight is 319 g/mol. The summed E-state index contributed by atoms with van der Waals surface area (Å²) >= 11 is 0. The number of nitrogens with one attached hydrogen (secondary N) is 2. The normalized spacial score (nSPS) is 17.5. The van der Waals surface area contributed by atoms with Crippen LogP contribution in [-0.4, -0.2) is 23.0 Å². The van der Waals surface area contributed by atoms with Crippen molar-refractivity contribution in [3.63, 3.8) is 0 Å². The highest BCUT2D eigenvalue weighted by Crippen LogP contribution is 2.26. The first-order valence-electron chi connectivity index (χ1n) is 7.90. The molecule has 1 aromatic heterocycles. The van der Waals surface area contributed by atoms with Crippen LogP contribution in [0, 0.1) is 6.92 Å². The van der Waals surface area contributed by atoms with E-state index in [4.69, 9.17) is 0 Å². The summed E-state index contributed by atoms with van der Waals surface area (Å²) in [5.74, 6) is -0.209. The number of hydrogen-bond acceptors (Lipinski definition) is 2. The summed E-state index contributed by atoms with van der Waals surface area (Å²) in [5.41, 5.74) is 3.59. The van der Waals surface area contributed by atoms with Crippen LogP contribution in [0.5, 0.6) is 0 Å². The average Bonchev–Trinajstić information content (AvgIpc) is 3.11. The SMILES string of the molecule is Cc1ccccc1N1C(=O)NC(Cc2c[nH]c3ccccc23)C1=O. The Hall–Kier alpha value is -3.08. The molecule has 0 bridgehead atoms. The zero-order chi connectivity index (χ0) is 16.7. The Bertz CT molecular complexity index is 944. The first-order valence-corrected chi connectivity index (χ1v) is 7.90. The van der Waals surface area contributed by atoms with E-state index >= 15 is 0 Å². The third-order valence-electron chi connectivity index (χ3n) is 4.47. The number of rotatable bonds is 3. The van der Waals surface area contributed by atoms with Gasteiger partial charge in [0.05, 0.1) is 5.69 Å². The van der Waals surface area contributed by atoms with Gasteiger partial charge in [0, 0.05) is 23.5 Å². The molecule has 5 heteroatoms. The number of amides is 3. The molecule has 0 saturated carbocycles.